The molecule has 30 heavy (non-hydrogen) atoms. The minimum atomic E-state index is -0.232. The van der Waals surface area contributed by atoms with Crippen molar-refractivity contribution in [1.29, 1.82) is 0 Å². The van der Waals surface area contributed by atoms with Gasteiger partial charge in [0, 0.05) is 37.7 Å². The maximum atomic E-state index is 13.4. The van der Waals surface area contributed by atoms with Crippen LogP contribution in [0.25, 0.3) is 22.2 Å². The van der Waals surface area contributed by atoms with Crippen LogP contribution in [-0.4, -0.2) is 46.5 Å². The first-order valence-electron chi connectivity index (χ1n) is 9.90. The second-order valence-electron chi connectivity index (χ2n) is 7.19. The first-order chi connectivity index (χ1) is 14.6. The Morgan fingerprint density at radius 1 is 1.20 bits per heavy atom. The fraction of sp³-hybridized carbons (Fsp3) is 0.217. The smallest absolute Gasteiger partial charge is 0.193 e. The fourth-order valence-electron chi connectivity index (χ4n) is 3.57. The minimum absolute atomic E-state index is 0.232. The standard InChI is InChI=1S/C23H25FN6/c1-25-23(26-11-10-17-13-27-20-12-18(24)8-9-19(17)20)30(2)15-22-28-14-21(29-22)16-6-4-3-5-7-16/h3-9,12-14,27H,10-11,15H2,1-2H3,(H,25,26)(H,28,29). The van der Waals surface area contributed by atoms with Gasteiger partial charge in [-0.15, -0.1) is 0 Å². The summed E-state index contributed by atoms with van der Waals surface area (Å²) in [6.45, 7) is 1.33. The Balaban J connectivity index is 1.34. The number of aromatic amines is 2. The van der Waals surface area contributed by atoms with Crippen LogP contribution < -0.4 is 5.32 Å². The summed E-state index contributed by atoms with van der Waals surface area (Å²) in [6.07, 6.45) is 4.60. The lowest BCUT2D eigenvalue weighted by Gasteiger charge is -2.21. The molecule has 0 unspecified atom stereocenters. The zero-order chi connectivity index (χ0) is 20.9. The number of benzene rings is 2. The summed E-state index contributed by atoms with van der Waals surface area (Å²) in [7, 11) is 3.75. The quantitative estimate of drug-likeness (QED) is 0.337. The molecule has 0 bridgehead atoms. The van der Waals surface area contributed by atoms with Crippen LogP contribution in [0.5, 0.6) is 0 Å². The van der Waals surface area contributed by atoms with Crippen molar-refractivity contribution in [3.8, 4) is 11.3 Å². The Kier molecular flexibility index (Phi) is 5.79. The van der Waals surface area contributed by atoms with Gasteiger partial charge in [-0.1, -0.05) is 30.3 Å². The summed E-state index contributed by atoms with van der Waals surface area (Å²) in [5.74, 6) is 1.43. The van der Waals surface area contributed by atoms with E-state index in [4.69, 9.17) is 0 Å². The molecule has 2 heterocycles. The van der Waals surface area contributed by atoms with E-state index in [-0.39, 0.29) is 5.82 Å². The van der Waals surface area contributed by atoms with E-state index < -0.39 is 0 Å². The number of nitrogens with zero attached hydrogens (tertiary/aromatic N) is 3. The molecule has 0 saturated heterocycles. The Bertz CT molecular complexity index is 1140. The zero-order valence-corrected chi connectivity index (χ0v) is 17.1. The van der Waals surface area contributed by atoms with Crippen molar-refractivity contribution in [3.05, 3.63) is 78.1 Å². The van der Waals surface area contributed by atoms with E-state index in [2.05, 4.69) is 37.4 Å². The van der Waals surface area contributed by atoms with Gasteiger partial charge < -0.3 is 20.2 Å². The lowest BCUT2D eigenvalue weighted by molar-refractivity contribution is 0.464. The highest BCUT2D eigenvalue weighted by molar-refractivity contribution is 5.83. The van der Waals surface area contributed by atoms with Crippen LogP contribution in [0, 0.1) is 5.82 Å². The summed E-state index contributed by atoms with van der Waals surface area (Å²) >= 11 is 0. The summed E-state index contributed by atoms with van der Waals surface area (Å²) in [6, 6.07) is 15.0. The van der Waals surface area contributed by atoms with Crippen molar-refractivity contribution in [2.45, 2.75) is 13.0 Å². The van der Waals surface area contributed by atoms with Gasteiger partial charge in [0.15, 0.2) is 5.96 Å². The van der Waals surface area contributed by atoms with Gasteiger partial charge in [0.2, 0.25) is 0 Å². The first-order valence-corrected chi connectivity index (χ1v) is 9.90. The molecule has 4 rings (SSSR count). The van der Waals surface area contributed by atoms with E-state index in [1.54, 1.807) is 7.05 Å². The second kappa shape index (κ2) is 8.82. The molecule has 0 atom stereocenters. The summed E-state index contributed by atoms with van der Waals surface area (Å²) in [4.78, 5) is 17.4. The van der Waals surface area contributed by atoms with E-state index in [1.807, 2.05) is 48.6 Å². The maximum Gasteiger partial charge on any atom is 0.193 e. The van der Waals surface area contributed by atoms with E-state index in [0.717, 1.165) is 52.5 Å². The first kappa shape index (κ1) is 19.7. The fourth-order valence-corrected chi connectivity index (χ4v) is 3.57. The van der Waals surface area contributed by atoms with Crippen molar-refractivity contribution in [1.82, 2.24) is 25.2 Å². The average molecular weight is 404 g/mol. The van der Waals surface area contributed by atoms with Gasteiger partial charge >= 0.3 is 0 Å². The van der Waals surface area contributed by atoms with E-state index >= 15 is 0 Å². The number of nitrogens with one attached hydrogen (secondary N) is 3. The van der Waals surface area contributed by atoms with Crippen molar-refractivity contribution >= 4 is 16.9 Å². The Hall–Kier alpha value is -3.61. The molecular formula is C23H25FN6. The van der Waals surface area contributed by atoms with Crippen LogP contribution in [0.15, 0.2) is 65.9 Å². The van der Waals surface area contributed by atoms with Gasteiger partial charge in [-0.2, -0.15) is 0 Å². The van der Waals surface area contributed by atoms with E-state index in [9.17, 15) is 4.39 Å². The molecule has 7 heteroatoms. The third kappa shape index (κ3) is 4.35. The minimum Gasteiger partial charge on any atom is -0.361 e. The molecule has 2 aromatic heterocycles. The van der Waals surface area contributed by atoms with Crippen molar-refractivity contribution in [2.75, 3.05) is 20.6 Å². The molecule has 0 amide bonds. The Morgan fingerprint density at radius 2 is 2.03 bits per heavy atom. The lowest BCUT2D eigenvalue weighted by Crippen LogP contribution is -2.39. The summed E-state index contributed by atoms with van der Waals surface area (Å²) in [5.41, 5.74) is 4.07. The van der Waals surface area contributed by atoms with Crippen LogP contribution in [0.1, 0.15) is 11.4 Å². The largest absolute Gasteiger partial charge is 0.361 e. The highest BCUT2D eigenvalue weighted by atomic mass is 19.1. The van der Waals surface area contributed by atoms with Crippen LogP contribution in [0.2, 0.25) is 0 Å². The number of imidazole rings is 1. The highest BCUT2D eigenvalue weighted by Gasteiger charge is 2.11. The third-order valence-corrected chi connectivity index (χ3v) is 5.08. The summed E-state index contributed by atoms with van der Waals surface area (Å²) in [5, 5.41) is 4.44. The SMILES string of the molecule is CN=C(NCCc1c[nH]c2cc(F)ccc12)N(C)Cc1ncc(-c2ccccc2)[nH]1. The molecule has 3 N–H and O–H groups in total. The van der Waals surface area contributed by atoms with Gasteiger partial charge in [0.1, 0.15) is 11.6 Å². The highest BCUT2D eigenvalue weighted by Crippen LogP contribution is 2.19. The molecular weight excluding hydrogens is 379 g/mol. The Morgan fingerprint density at radius 3 is 2.83 bits per heavy atom. The average Bonchev–Trinajstić information content (AvgIpc) is 3.38. The molecule has 0 spiro atoms. The van der Waals surface area contributed by atoms with Crippen molar-refractivity contribution in [3.63, 3.8) is 0 Å². The molecule has 0 aliphatic heterocycles. The van der Waals surface area contributed by atoms with Crippen LogP contribution in [0.3, 0.4) is 0 Å². The predicted octanol–water partition coefficient (Wildman–Crippen LogP) is 3.95. The number of hydrogen-bond acceptors (Lipinski definition) is 2. The van der Waals surface area contributed by atoms with E-state index in [0.29, 0.717) is 6.54 Å². The van der Waals surface area contributed by atoms with Crippen LogP contribution >= 0.6 is 0 Å². The predicted molar refractivity (Wildman–Crippen MR) is 119 cm³/mol. The van der Waals surface area contributed by atoms with Crippen molar-refractivity contribution < 1.29 is 4.39 Å². The van der Waals surface area contributed by atoms with Gasteiger partial charge in [0.05, 0.1) is 18.4 Å². The van der Waals surface area contributed by atoms with Crippen molar-refractivity contribution in [2.24, 2.45) is 4.99 Å². The van der Waals surface area contributed by atoms with Gasteiger partial charge in [-0.05, 0) is 35.7 Å². The topological polar surface area (TPSA) is 72.1 Å². The summed E-state index contributed by atoms with van der Waals surface area (Å²) < 4.78 is 13.4. The third-order valence-electron chi connectivity index (χ3n) is 5.08. The van der Waals surface area contributed by atoms with Gasteiger partial charge in [-0.25, -0.2) is 9.37 Å². The van der Waals surface area contributed by atoms with E-state index in [1.165, 1.54) is 12.1 Å². The number of aromatic nitrogens is 3. The Labute approximate surface area is 174 Å². The molecule has 0 saturated carbocycles. The van der Waals surface area contributed by atoms with Gasteiger partial charge in [-0.3, -0.25) is 4.99 Å². The molecule has 4 aromatic rings. The van der Waals surface area contributed by atoms with Crippen LogP contribution in [0.4, 0.5) is 4.39 Å². The maximum absolute atomic E-state index is 13.4. The lowest BCUT2D eigenvalue weighted by atomic mass is 10.1. The molecule has 6 nitrogen and oxygen atoms in total. The molecule has 0 aliphatic carbocycles. The molecule has 154 valence electrons. The number of fused-ring (bicyclic) bond motifs is 1. The molecule has 0 radical (unpaired) electrons. The zero-order valence-electron chi connectivity index (χ0n) is 17.1. The number of aliphatic imine (C=N–C) groups is 1. The number of H-pyrrole nitrogens is 2. The molecule has 2 aromatic carbocycles. The number of rotatable bonds is 6. The van der Waals surface area contributed by atoms with Crippen LogP contribution in [-0.2, 0) is 13.0 Å². The second-order valence-corrected chi connectivity index (χ2v) is 7.19. The molecule has 0 aliphatic rings. The monoisotopic (exact) mass is 404 g/mol. The number of halogens is 1. The van der Waals surface area contributed by atoms with Gasteiger partial charge in [0.25, 0.3) is 0 Å². The number of hydrogen-bond donors (Lipinski definition) is 3. The number of guanidine groups is 1. The normalized spacial score (nSPS) is 11.8. The molecule has 0 fully saturated rings.